The molecule has 2 heterocycles. The highest BCUT2D eigenvalue weighted by Gasteiger charge is 2.21. The summed E-state index contributed by atoms with van der Waals surface area (Å²) < 4.78 is 5.57. The highest BCUT2D eigenvalue weighted by Crippen LogP contribution is 2.22. The van der Waals surface area contributed by atoms with Crippen LogP contribution in [0.3, 0.4) is 0 Å². The lowest BCUT2D eigenvalue weighted by Gasteiger charge is -2.35. The van der Waals surface area contributed by atoms with E-state index < -0.39 is 0 Å². The summed E-state index contributed by atoms with van der Waals surface area (Å²) in [6, 6.07) is 10.3. The predicted molar refractivity (Wildman–Crippen MR) is 118 cm³/mol. The summed E-state index contributed by atoms with van der Waals surface area (Å²) in [5.74, 6) is 2.79. The van der Waals surface area contributed by atoms with Crippen LogP contribution in [0, 0.1) is 18.8 Å². The molecule has 0 aliphatic carbocycles. The Bertz CT molecular complexity index is 859. The van der Waals surface area contributed by atoms with Gasteiger partial charge in [0.1, 0.15) is 11.5 Å². The fraction of sp³-hybridized carbons (Fsp3) is 0.520. The van der Waals surface area contributed by atoms with Gasteiger partial charge in [0.25, 0.3) is 0 Å². The largest absolute Gasteiger partial charge is 0.466 e. The summed E-state index contributed by atoms with van der Waals surface area (Å²) >= 11 is 0. The third kappa shape index (κ3) is 6.30. The van der Waals surface area contributed by atoms with Crippen molar-refractivity contribution >= 4 is 11.7 Å². The van der Waals surface area contributed by atoms with Crippen molar-refractivity contribution in [3.63, 3.8) is 0 Å². The quantitative estimate of drug-likeness (QED) is 0.650. The summed E-state index contributed by atoms with van der Waals surface area (Å²) in [5, 5.41) is 2.97. The first-order valence-corrected chi connectivity index (χ1v) is 11.0. The molecule has 1 saturated heterocycles. The molecule has 5 nitrogen and oxygen atoms in total. The summed E-state index contributed by atoms with van der Waals surface area (Å²) in [4.78, 5) is 26.2. The van der Waals surface area contributed by atoms with Crippen molar-refractivity contribution < 1.29 is 14.0 Å². The van der Waals surface area contributed by atoms with Crippen LogP contribution in [0.1, 0.15) is 66.6 Å². The van der Waals surface area contributed by atoms with E-state index in [-0.39, 0.29) is 11.7 Å². The molecule has 1 aliphatic rings. The number of piperidine rings is 1. The van der Waals surface area contributed by atoms with Gasteiger partial charge in [0.05, 0.1) is 5.56 Å². The minimum Gasteiger partial charge on any atom is -0.466 e. The number of ketones is 1. The van der Waals surface area contributed by atoms with Gasteiger partial charge >= 0.3 is 0 Å². The Kier molecular flexibility index (Phi) is 7.48. The maximum absolute atomic E-state index is 12.2. The first-order valence-electron chi connectivity index (χ1n) is 11.0. The second-order valence-electron chi connectivity index (χ2n) is 8.97. The second-order valence-corrected chi connectivity index (χ2v) is 8.97. The number of hydrogen-bond donors (Lipinski definition) is 1. The Balaban J connectivity index is 1.42. The van der Waals surface area contributed by atoms with E-state index in [1.165, 1.54) is 32.0 Å². The first-order chi connectivity index (χ1) is 14.3. The number of nitrogens with zero attached hydrogens (tertiary/aromatic N) is 1. The van der Waals surface area contributed by atoms with Crippen LogP contribution >= 0.6 is 0 Å². The van der Waals surface area contributed by atoms with E-state index in [0.29, 0.717) is 36.5 Å². The summed E-state index contributed by atoms with van der Waals surface area (Å²) in [7, 11) is 0. The van der Waals surface area contributed by atoms with Crippen molar-refractivity contribution in [3.8, 4) is 0 Å². The first kappa shape index (κ1) is 22.3. The number of carbonyl (C=O) groups is 2. The van der Waals surface area contributed by atoms with E-state index in [1.54, 1.807) is 13.0 Å². The molecule has 0 radical (unpaired) electrons. The lowest BCUT2D eigenvalue weighted by Crippen LogP contribution is -2.38. The molecule has 162 valence electrons. The van der Waals surface area contributed by atoms with Crippen LogP contribution in [0.2, 0.25) is 0 Å². The van der Waals surface area contributed by atoms with Crippen molar-refractivity contribution in [3.05, 3.63) is 58.5 Å². The minimum absolute atomic E-state index is 0.0142. The fourth-order valence-electron chi connectivity index (χ4n) is 4.48. The number of rotatable bonds is 8. The van der Waals surface area contributed by atoms with Crippen LogP contribution in [0.25, 0.3) is 0 Å². The number of aryl methyl sites for hydroxylation is 2. The van der Waals surface area contributed by atoms with Crippen LogP contribution in [0.15, 0.2) is 34.7 Å². The number of benzene rings is 1. The van der Waals surface area contributed by atoms with Gasteiger partial charge in [0.2, 0.25) is 5.91 Å². The number of nitrogens with one attached hydrogen (secondary N) is 1. The summed E-state index contributed by atoms with van der Waals surface area (Å²) in [6.07, 6.45) is 2.16. The van der Waals surface area contributed by atoms with E-state index in [9.17, 15) is 9.59 Å². The molecule has 0 unspecified atom stereocenters. The number of carbonyl (C=O) groups excluding carboxylic acids is 2. The van der Waals surface area contributed by atoms with Crippen LogP contribution in [-0.2, 0) is 24.3 Å². The number of hydrogen-bond acceptors (Lipinski definition) is 4. The number of furan rings is 1. The maximum Gasteiger partial charge on any atom is 0.220 e. The van der Waals surface area contributed by atoms with E-state index in [1.807, 2.05) is 0 Å². The smallest absolute Gasteiger partial charge is 0.220 e. The maximum atomic E-state index is 12.2. The van der Waals surface area contributed by atoms with Crippen LogP contribution in [-0.4, -0.2) is 29.7 Å². The highest BCUT2D eigenvalue weighted by atomic mass is 16.3. The zero-order chi connectivity index (χ0) is 21.7. The van der Waals surface area contributed by atoms with Gasteiger partial charge in [-0.25, -0.2) is 0 Å². The molecule has 1 aliphatic heterocycles. The molecular formula is C25H34N2O3. The van der Waals surface area contributed by atoms with Gasteiger partial charge < -0.3 is 9.73 Å². The zero-order valence-corrected chi connectivity index (χ0v) is 18.7. The summed E-state index contributed by atoms with van der Waals surface area (Å²) in [5.41, 5.74) is 3.01. The molecule has 1 aromatic heterocycles. The van der Waals surface area contributed by atoms with Crippen molar-refractivity contribution in [1.82, 2.24) is 10.2 Å². The molecule has 0 spiro atoms. The Hall–Kier alpha value is -2.40. The summed E-state index contributed by atoms with van der Waals surface area (Å²) in [6.45, 7) is 11.8. The Morgan fingerprint density at radius 2 is 1.73 bits per heavy atom. The molecule has 1 N–H and O–H groups in total. The van der Waals surface area contributed by atoms with E-state index in [4.69, 9.17) is 4.42 Å². The van der Waals surface area contributed by atoms with Crippen molar-refractivity contribution in [2.75, 3.05) is 13.1 Å². The monoisotopic (exact) mass is 410 g/mol. The van der Waals surface area contributed by atoms with Gasteiger partial charge in [-0.3, -0.25) is 14.5 Å². The minimum atomic E-state index is -0.0196. The molecule has 1 amide bonds. The molecule has 30 heavy (non-hydrogen) atoms. The van der Waals surface area contributed by atoms with Crippen LogP contribution in [0.5, 0.6) is 0 Å². The molecule has 1 fully saturated rings. The standard InChI is InChI=1S/C25H34N2O3/c1-17-11-18(2)15-27(14-17)16-22-7-5-21(6-8-22)13-26-25(29)10-9-23-12-24(19(3)28)20(4)30-23/h5-8,12,17-18H,9-11,13-16H2,1-4H3,(H,26,29)/t17-,18-/m0/s1. The average molecular weight is 411 g/mol. The third-order valence-corrected chi connectivity index (χ3v) is 5.81. The van der Waals surface area contributed by atoms with Gasteiger partial charge in [0, 0.05) is 39.0 Å². The fourth-order valence-corrected chi connectivity index (χ4v) is 4.48. The Morgan fingerprint density at radius 3 is 2.33 bits per heavy atom. The van der Waals surface area contributed by atoms with Gasteiger partial charge in [-0.15, -0.1) is 0 Å². The molecule has 1 aromatic carbocycles. The zero-order valence-electron chi connectivity index (χ0n) is 18.7. The number of amides is 1. The van der Waals surface area contributed by atoms with Crippen LogP contribution < -0.4 is 5.32 Å². The molecule has 0 saturated carbocycles. The molecule has 3 rings (SSSR count). The van der Waals surface area contributed by atoms with Crippen molar-refractivity contribution in [2.24, 2.45) is 11.8 Å². The van der Waals surface area contributed by atoms with Gasteiger partial charge in [-0.2, -0.15) is 0 Å². The van der Waals surface area contributed by atoms with Gasteiger partial charge in [-0.05, 0) is 49.3 Å². The van der Waals surface area contributed by atoms with Crippen LogP contribution in [0.4, 0.5) is 0 Å². The molecule has 2 atom stereocenters. The number of likely N-dealkylation sites (tertiary alicyclic amines) is 1. The normalized spacial score (nSPS) is 19.6. The van der Waals surface area contributed by atoms with E-state index in [2.05, 4.69) is 48.3 Å². The van der Waals surface area contributed by atoms with Crippen molar-refractivity contribution in [2.45, 2.75) is 60.0 Å². The van der Waals surface area contributed by atoms with Gasteiger partial charge in [-0.1, -0.05) is 38.1 Å². The topological polar surface area (TPSA) is 62.6 Å². The number of Topliss-reactive ketones (excluding diaryl/α,β-unsaturated/α-hetero) is 1. The van der Waals surface area contributed by atoms with E-state index in [0.717, 1.165) is 23.9 Å². The predicted octanol–water partition coefficient (Wildman–Crippen LogP) is 4.52. The third-order valence-electron chi connectivity index (χ3n) is 5.81. The SMILES string of the molecule is CC(=O)c1cc(CCC(=O)NCc2ccc(CN3C[C@@H](C)C[C@H](C)C3)cc2)oc1C. The van der Waals surface area contributed by atoms with E-state index >= 15 is 0 Å². The van der Waals surface area contributed by atoms with Crippen molar-refractivity contribution in [1.29, 1.82) is 0 Å². The lowest BCUT2D eigenvalue weighted by molar-refractivity contribution is -0.121. The molecule has 0 bridgehead atoms. The Morgan fingerprint density at radius 1 is 1.10 bits per heavy atom. The molecule has 5 heteroatoms. The lowest BCUT2D eigenvalue weighted by atomic mass is 9.91. The second kappa shape index (κ2) is 10.1. The average Bonchev–Trinajstić information content (AvgIpc) is 3.06. The van der Waals surface area contributed by atoms with Gasteiger partial charge in [0.15, 0.2) is 5.78 Å². The molecular weight excluding hydrogens is 376 g/mol. The molecule has 2 aromatic rings. The highest BCUT2D eigenvalue weighted by molar-refractivity contribution is 5.95. The Labute approximate surface area is 179 Å².